The largest absolute Gasteiger partial charge is 0.385 e. The van der Waals surface area contributed by atoms with E-state index >= 15 is 0 Å². The number of nitrogens with zero attached hydrogens (tertiary/aromatic N) is 1. The maximum absolute atomic E-state index is 10.9. The Labute approximate surface area is 73.2 Å². The summed E-state index contributed by atoms with van der Waals surface area (Å²) in [7, 11) is 0. The predicted octanol–water partition coefficient (Wildman–Crippen LogP) is -0.763. The third kappa shape index (κ3) is 1.26. The third-order valence-corrected chi connectivity index (χ3v) is 1.93. The monoisotopic (exact) mass is 180 g/mol. The van der Waals surface area contributed by atoms with Crippen LogP contribution in [0.2, 0.25) is 0 Å². The summed E-state index contributed by atoms with van der Waals surface area (Å²) in [5.74, 6) is 0.442. The van der Waals surface area contributed by atoms with Crippen LogP contribution in [0, 0.1) is 0 Å². The fourth-order valence-electron chi connectivity index (χ4n) is 1.30. The zero-order valence-electron chi connectivity index (χ0n) is 6.76. The number of anilines is 2. The van der Waals surface area contributed by atoms with Crippen LogP contribution >= 0.6 is 0 Å². The standard InChI is InChI=1S/C7H8N4O2/c8-5-3-1-2-4(12)9-6(3)11-7(13)10-5/h1-2H2,(H4,8,9,10,11,12,13). The summed E-state index contributed by atoms with van der Waals surface area (Å²) in [5.41, 5.74) is 5.71. The number of carbonyl (C=O) groups is 1. The highest BCUT2D eigenvalue weighted by atomic mass is 16.2. The molecule has 6 nitrogen and oxygen atoms in total. The second-order valence-electron chi connectivity index (χ2n) is 2.83. The van der Waals surface area contributed by atoms with Gasteiger partial charge in [-0.1, -0.05) is 0 Å². The zero-order valence-corrected chi connectivity index (χ0v) is 6.76. The second-order valence-corrected chi connectivity index (χ2v) is 2.83. The molecule has 0 atom stereocenters. The van der Waals surface area contributed by atoms with Gasteiger partial charge < -0.3 is 11.1 Å². The van der Waals surface area contributed by atoms with E-state index in [1.54, 1.807) is 0 Å². The summed E-state index contributed by atoms with van der Waals surface area (Å²) >= 11 is 0. The van der Waals surface area contributed by atoms with Crippen molar-refractivity contribution in [2.75, 3.05) is 11.1 Å². The van der Waals surface area contributed by atoms with E-state index in [1.165, 1.54) is 0 Å². The molecule has 4 N–H and O–H groups in total. The maximum atomic E-state index is 10.9. The molecule has 1 aromatic rings. The number of rotatable bonds is 0. The van der Waals surface area contributed by atoms with E-state index in [1.807, 2.05) is 0 Å². The first-order chi connectivity index (χ1) is 6.16. The Hall–Kier alpha value is -1.85. The fourth-order valence-corrected chi connectivity index (χ4v) is 1.30. The van der Waals surface area contributed by atoms with Crippen molar-refractivity contribution in [1.29, 1.82) is 0 Å². The Balaban J connectivity index is 2.59. The Morgan fingerprint density at radius 3 is 2.85 bits per heavy atom. The summed E-state index contributed by atoms with van der Waals surface area (Å²) in [6.45, 7) is 0. The summed E-state index contributed by atoms with van der Waals surface area (Å²) in [6.07, 6.45) is 0.904. The van der Waals surface area contributed by atoms with Gasteiger partial charge >= 0.3 is 5.69 Å². The third-order valence-electron chi connectivity index (χ3n) is 1.93. The average Bonchev–Trinajstić information content (AvgIpc) is 2.02. The van der Waals surface area contributed by atoms with Crippen molar-refractivity contribution in [2.45, 2.75) is 12.8 Å². The minimum Gasteiger partial charge on any atom is -0.385 e. The molecule has 2 heterocycles. The molecule has 0 saturated carbocycles. The first-order valence-electron chi connectivity index (χ1n) is 3.85. The number of hydrogen-bond donors (Lipinski definition) is 3. The summed E-state index contributed by atoms with van der Waals surface area (Å²) in [5, 5.41) is 2.49. The SMILES string of the molecule is Nc1[nH]c(=O)nc2c1CCC(=O)N2. The smallest absolute Gasteiger partial charge is 0.348 e. The van der Waals surface area contributed by atoms with Crippen LogP contribution in [0.3, 0.4) is 0 Å². The van der Waals surface area contributed by atoms with Crippen LogP contribution in [0.25, 0.3) is 0 Å². The number of amides is 1. The van der Waals surface area contributed by atoms with Gasteiger partial charge in [-0.3, -0.25) is 9.78 Å². The first kappa shape index (κ1) is 7.78. The van der Waals surface area contributed by atoms with E-state index in [4.69, 9.17) is 5.73 Å². The van der Waals surface area contributed by atoms with Gasteiger partial charge in [-0.2, -0.15) is 4.98 Å². The molecule has 0 aliphatic carbocycles. The number of carbonyl (C=O) groups excluding carboxylic acids is 1. The molecule has 1 aliphatic heterocycles. The molecular formula is C7H8N4O2. The number of fused-ring (bicyclic) bond motifs is 1. The highest BCUT2D eigenvalue weighted by molar-refractivity contribution is 5.93. The number of nitrogen functional groups attached to an aromatic ring is 1. The number of aromatic nitrogens is 2. The van der Waals surface area contributed by atoms with Crippen LogP contribution in [-0.4, -0.2) is 15.9 Å². The van der Waals surface area contributed by atoms with E-state index in [0.717, 1.165) is 0 Å². The lowest BCUT2D eigenvalue weighted by Crippen LogP contribution is -2.26. The topological polar surface area (TPSA) is 101 Å². The quantitative estimate of drug-likeness (QED) is 0.488. The van der Waals surface area contributed by atoms with Gasteiger partial charge in [-0.15, -0.1) is 0 Å². The van der Waals surface area contributed by atoms with Crippen LogP contribution in [0.1, 0.15) is 12.0 Å². The molecule has 1 aromatic heterocycles. The Morgan fingerprint density at radius 2 is 2.08 bits per heavy atom. The number of H-pyrrole nitrogens is 1. The molecule has 13 heavy (non-hydrogen) atoms. The van der Waals surface area contributed by atoms with E-state index in [0.29, 0.717) is 18.4 Å². The predicted molar refractivity (Wildman–Crippen MR) is 46.2 cm³/mol. The number of nitrogens with one attached hydrogen (secondary N) is 2. The van der Waals surface area contributed by atoms with Crippen LogP contribution in [0.4, 0.5) is 11.6 Å². The molecule has 0 fully saturated rings. The molecule has 1 aliphatic rings. The molecule has 0 aromatic carbocycles. The summed E-state index contributed by atoms with van der Waals surface area (Å²) < 4.78 is 0. The van der Waals surface area contributed by atoms with Gasteiger partial charge in [0.15, 0.2) is 0 Å². The summed E-state index contributed by atoms with van der Waals surface area (Å²) in [4.78, 5) is 27.8. The molecule has 68 valence electrons. The van der Waals surface area contributed by atoms with Crippen molar-refractivity contribution < 1.29 is 4.79 Å². The zero-order chi connectivity index (χ0) is 9.42. The molecule has 0 bridgehead atoms. The van der Waals surface area contributed by atoms with Gasteiger partial charge in [0.1, 0.15) is 11.6 Å². The van der Waals surface area contributed by atoms with Crippen LogP contribution < -0.4 is 16.7 Å². The van der Waals surface area contributed by atoms with Gasteiger partial charge in [-0.25, -0.2) is 4.79 Å². The van der Waals surface area contributed by atoms with Crippen LogP contribution in [0.15, 0.2) is 4.79 Å². The first-order valence-corrected chi connectivity index (χ1v) is 3.85. The van der Waals surface area contributed by atoms with Gasteiger partial charge in [0.05, 0.1) is 0 Å². The molecule has 0 radical (unpaired) electrons. The van der Waals surface area contributed by atoms with Crippen molar-refractivity contribution in [3.05, 3.63) is 16.0 Å². The minimum atomic E-state index is -0.543. The normalized spacial score (nSPS) is 14.9. The minimum absolute atomic E-state index is 0.134. The van der Waals surface area contributed by atoms with Gasteiger partial charge in [0.2, 0.25) is 5.91 Å². The number of hydrogen-bond acceptors (Lipinski definition) is 4. The van der Waals surface area contributed by atoms with Crippen molar-refractivity contribution in [1.82, 2.24) is 9.97 Å². The fraction of sp³-hybridized carbons (Fsp3) is 0.286. The summed E-state index contributed by atoms with van der Waals surface area (Å²) in [6, 6.07) is 0. The second kappa shape index (κ2) is 2.58. The van der Waals surface area contributed by atoms with Crippen LogP contribution in [0.5, 0.6) is 0 Å². The molecule has 0 saturated heterocycles. The molecule has 0 unspecified atom stereocenters. The lowest BCUT2D eigenvalue weighted by molar-refractivity contribution is -0.116. The maximum Gasteiger partial charge on any atom is 0.348 e. The van der Waals surface area contributed by atoms with Crippen molar-refractivity contribution in [2.24, 2.45) is 0 Å². The molecule has 0 spiro atoms. The molecule has 1 amide bonds. The Morgan fingerprint density at radius 1 is 1.31 bits per heavy atom. The average molecular weight is 180 g/mol. The van der Waals surface area contributed by atoms with Crippen molar-refractivity contribution in [3.8, 4) is 0 Å². The highest BCUT2D eigenvalue weighted by Crippen LogP contribution is 2.21. The van der Waals surface area contributed by atoms with E-state index in [9.17, 15) is 9.59 Å². The van der Waals surface area contributed by atoms with Gasteiger partial charge in [0, 0.05) is 12.0 Å². The van der Waals surface area contributed by atoms with Crippen molar-refractivity contribution >= 4 is 17.5 Å². The Bertz CT molecular complexity index is 423. The van der Waals surface area contributed by atoms with E-state index in [-0.39, 0.29) is 17.5 Å². The lowest BCUT2D eigenvalue weighted by atomic mass is 10.1. The van der Waals surface area contributed by atoms with Crippen LogP contribution in [-0.2, 0) is 11.2 Å². The number of nitrogens with two attached hydrogens (primary N) is 1. The molecule has 2 rings (SSSR count). The molecule has 6 heteroatoms. The van der Waals surface area contributed by atoms with Crippen molar-refractivity contribution in [3.63, 3.8) is 0 Å². The highest BCUT2D eigenvalue weighted by Gasteiger charge is 2.18. The Kier molecular flexibility index (Phi) is 1.54. The van der Waals surface area contributed by atoms with Gasteiger partial charge in [0.25, 0.3) is 0 Å². The van der Waals surface area contributed by atoms with E-state index in [2.05, 4.69) is 15.3 Å². The number of aromatic amines is 1. The van der Waals surface area contributed by atoms with Gasteiger partial charge in [-0.05, 0) is 6.42 Å². The van der Waals surface area contributed by atoms with E-state index < -0.39 is 5.69 Å². The lowest BCUT2D eigenvalue weighted by Gasteiger charge is -2.15. The molecular weight excluding hydrogens is 172 g/mol.